The Bertz CT molecular complexity index is 230. The van der Waals surface area contributed by atoms with Crippen molar-refractivity contribution in [1.29, 1.82) is 0 Å². The first-order valence-corrected chi connectivity index (χ1v) is 5.33. The summed E-state index contributed by atoms with van der Waals surface area (Å²) in [6.45, 7) is 6.31. The van der Waals surface area contributed by atoms with E-state index in [0.29, 0.717) is 13.0 Å². The average molecular weight is 208 g/mol. The number of carbonyl (C=O) groups is 1. The van der Waals surface area contributed by atoms with Gasteiger partial charge in [0.2, 0.25) is 0 Å². The zero-order valence-corrected chi connectivity index (χ0v) is 9.38. The Hall–Kier alpha value is -1.43. The highest BCUT2D eigenvalue weighted by Crippen LogP contribution is 1.97. The van der Waals surface area contributed by atoms with Gasteiger partial charge in [-0.05, 0) is 19.3 Å². The number of carbonyl (C=O) groups excluding carboxylic acids is 1. The summed E-state index contributed by atoms with van der Waals surface area (Å²) in [5.41, 5.74) is 0. The fraction of sp³-hybridized carbons (Fsp3) is 0.583. The van der Waals surface area contributed by atoms with E-state index in [4.69, 9.17) is 6.42 Å². The van der Waals surface area contributed by atoms with Crippen molar-refractivity contribution in [2.24, 2.45) is 0 Å². The third-order valence-corrected chi connectivity index (χ3v) is 2.06. The lowest BCUT2D eigenvalue weighted by atomic mass is 10.1. The molecule has 0 aliphatic heterocycles. The molecule has 1 atom stereocenters. The van der Waals surface area contributed by atoms with Crippen LogP contribution in [0.2, 0.25) is 0 Å². The summed E-state index contributed by atoms with van der Waals surface area (Å²) in [6.07, 6.45) is 10.1. The molecule has 1 unspecified atom stereocenters. The van der Waals surface area contributed by atoms with Crippen molar-refractivity contribution in [2.75, 3.05) is 6.54 Å². The van der Waals surface area contributed by atoms with E-state index >= 15 is 0 Å². The van der Waals surface area contributed by atoms with Crippen LogP contribution in [0.5, 0.6) is 0 Å². The van der Waals surface area contributed by atoms with Gasteiger partial charge in [-0.2, -0.15) is 0 Å². The van der Waals surface area contributed by atoms with Crippen molar-refractivity contribution < 1.29 is 4.79 Å². The fourth-order valence-corrected chi connectivity index (χ4v) is 1.16. The molecule has 0 rings (SSSR count). The molecule has 2 N–H and O–H groups in total. The van der Waals surface area contributed by atoms with E-state index in [-0.39, 0.29) is 12.1 Å². The Balaban J connectivity index is 3.62. The summed E-state index contributed by atoms with van der Waals surface area (Å²) in [5, 5.41) is 5.63. The van der Waals surface area contributed by atoms with Crippen molar-refractivity contribution in [2.45, 2.75) is 38.6 Å². The standard InChI is InChI=1S/C12H20N2O/c1-4-7-8-10-13-12(15)14-11(6-3)9-5-2/h1,5,11H,2,6-10H2,3H3,(H2,13,14,15). The van der Waals surface area contributed by atoms with E-state index in [1.165, 1.54) is 0 Å². The smallest absolute Gasteiger partial charge is 0.315 e. The van der Waals surface area contributed by atoms with Crippen LogP contribution in [0.4, 0.5) is 4.79 Å². The molecule has 84 valence electrons. The number of hydrogen-bond acceptors (Lipinski definition) is 1. The normalized spacial score (nSPS) is 11.2. The van der Waals surface area contributed by atoms with Gasteiger partial charge in [0, 0.05) is 19.0 Å². The second-order valence-electron chi connectivity index (χ2n) is 3.34. The lowest BCUT2D eigenvalue weighted by molar-refractivity contribution is 0.236. The Morgan fingerprint density at radius 1 is 1.67 bits per heavy atom. The van der Waals surface area contributed by atoms with Crippen LogP contribution >= 0.6 is 0 Å². The Kier molecular flexibility index (Phi) is 8.27. The van der Waals surface area contributed by atoms with Crippen LogP contribution in [0.1, 0.15) is 32.6 Å². The van der Waals surface area contributed by atoms with Crippen molar-refractivity contribution in [3.8, 4) is 12.3 Å². The van der Waals surface area contributed by atoms with Gasteiger partial charge in [-0.1, -0.05) is 13.0 Å². The molecular weight excluding hydrogens is 188 g/mol. The van der Waals surface area contributed by atoms with Crippen LogP contribution in [0.3, 0.4) is 0 Å². The number of terminal acetylenes is 1. The summed E-state index contributed by atoms with van der Waals surface area (Å²) in [4.78, 5) is 11.3. The molecule has 3 heteroatoms. The topological polar surface area (TPSA) is 41.1 Å². The molecule has 15 heavy (non-hydrogen) atoms. The lowest BCUT2D eigenvalue weighted by Crippen LogP contribution is -2.41. The third kappa shape index (κ3) is 7.63. The summed E-state index contributed by atoms with van der Waals surface area (Å²) in [7, 11) is 0. The molecule has 0 aliphatic carbocycles. The highest BCUT2D eigenvalue weighted by molar-refractivity contribution is 5.74. The van der Waals surface area contributed by atoms with Gasteiger partial charge in [0.25, 0.3) is 0 Å². The van der Waals surface area contributed by atoms with E-state index < -0.39 is 0 Å². The minimum atomic E-state index is -0.124. The second kappa shape index (κ2) is 9.14. The van der Waals surface area contributed by atoms with Crippen LogP contribution in [0, 0.1) is 12.3 Å². The first-order valence-electron chi connectivity index (χ1n) is 5.33. The van der Waals surface area contributed by atoms with Gasteiger partial charge in [0.15, 0.2) is 0 Å². The molecule has 2 amide bonds. The molecular formula is C12H20N2O. The molecule has 0 saturated heterocycles. The second-order valence-corrected chi connectivity index (χ2v) is 3.34. The number of urea groups is 1. The van der Waals surface area contributed by atoms with Crippen molar-refractivity contribution in [3.05, 3.63) is 12.7 Å². The van der Waals surface area contributed by atoms with Crippen molar-refractivity contribution >= 4 is 6.03 Å². The highest BCUT2D eigenvalue weighted by atomic mass is 16.2. The van der Waals surface area contributed by atoms with Crippen LogP contribution in [0.25, 0.3) is 0 Å². The van der Waals surface area contributed by atoms with Crippen molar-refractivity contribution in [1.82, 2.24) is 10.6 Å². The monoisotopic (exact) mass is 208 g/mol. The molecule has 0 aromatic heterocycles. The molecule has 0 aromatic carbocycles. The van der Waals surface area contributed by atoms with Gasteiger partial charge in [0.05, 0.1) is 0 Å². The van der Waals surface area contributed by atoms with Gasteiger partial charge in [0.1, 0.15) is 0 Å². The van der Waals surface area contributed by atoms with E-state index in [0.717, 1.165) is 19.3 Å². The summed E-state index contributed by atoms with van der Waals surface area (Å²) >= 11 is 0. The van der Waals surface area contributed by atoms with Gasteiger partial charge in [-0.3, -0.25) is 0 Å². The fourth-order valence-electron chi connectivity index (χ4n) is 1.16. The van der Waals surface area contributed by atoms with Crippen LogP contribution < -0.4 is 10.6 Å². The minimum Gasteiger partial charge on any atom is -0.338 e. The number of amides is 2. The van der Waals surface area contributed by atoms with E-state index in [1.54, 1.807) is 0 Å². The maximum atomic E-state index is 11.3. The molecule has 0 heterocycles. The molecule has 0 aliphatic rings. The number of nitrogens with one attached hydrogen (secondary N) is 2. The Morgan fingerprint density at radius 2 is 2.40 bits per heavy atom. The van der Waals surface area contributed by atoms with Crippen LogP contribution in [0.15, 0.2) is 12.7 Å². The van der Waals surface area contributed by atoms with Crippen LogP contribution in [-0.2, 0) is 0 Å². The van der Waals surface area contributed by atoms with Gasteiger partial charge >= 0.3 is 6.03 Å². The largest absolute Gasteiger partial charge is 0.338 e. The molecule has 0 fully saturated rings. The maximum absolute atomic E-state index is 11.3. The van der Waals surface area contributed by atoms with Gasteiger partial charge in [-0.15, -0.1) is 18.9 Å². The minimum absolute atomic E-state index is 0.124. The van der Waals surface area contributed by atoms with Crippen molar-refractivity contribution in [3.63, 3.8) is 0 Å². The first-order chi connectivity index (χ1) is 7.24. The number of rotatable bonds is 7. The van der Waals surface area contributed by atoms with E-state index in [1.807, 2.05) is 13.0 Å². The molecule has 3 nitrogen and oxygen atoms in total. The average Bonchev–Trinajstić information content (AvgIpc) is 2.24. The Labute approximate surface area is 92.3 Å². The van der Waals surface area contributed by atoms with Crippen LogP contribution in [-0.4, -0.2) is 18.6 Å². The van der Waals surface area contributed by atoms with Gasteiger partial charge < -0.3 is 10.6 Å². The summed E-state index contributed by atoms with van der Waals surface area (Å²) < 4.78 is 0. The SMILES string of the molecule is C#CCCCNC(=O)NC(CC)CC=C. The van der Waals surface area contributed by atoms with Gasteiger partial charge in [-0.25, -0.2) is 4.79 Å². The molecule has 0 aromatic rings. The Morgan fingerprint density at radius 3 is 2.93 bits per heavy atom. The highest BCUT2D eigenvalue weighted by Gasteiger charge is 2.07. The summed E-state index contributed by atoms with van der Waals surface area (Å²) in [5.74, 6) is 2.53. The lowest BCUT2D eigenvalue weighted by Gasteiger charge is -2.15. The third-order valence-electron chi connectivity index (χ3n) is 2.06. The molecule has 0 bridgehead atoms. The van der Waals surface area contributed by atoms with E-state index in [9.17, 15) is 4.79 Å². The molecule has 0 saturated carbocycles. The summed E-state index contributed by atoms with van der Waals surface area (Å²) in [6, 6.07) is 0.0517. The molecule has 0 radical (unpaired) electrons. The zero-order chi connectivity index (χ0) is 11.5. The maximum Gasteiger partial charge on any atom is 0.315 e. The number of hydrogen-bond donors (Lipinski definition) is 2. The predicted octanol–water partition coefficient (Wildman–Crippen LogP) is 2.05. The van der Waals surface area contributed by atoms with E-state index in [2.05, 4.69) is 23.1 Å². The quantitative estimate of drug-likeness (QED) is 0.375. The number of unbranched alkanes of at least 4 members (excludes halogenated alkanes) is 1. The zero-order valence-electron chi connectivity index (χ0n) is 9.38. The molecule has 0 spiro atoms. The predicted molar refractivity (Wildman–Crippen MR) is 63.5 cm³/mol. The first kappa shape index (κ1) is 13.6.